The number of benzene rings is 2. The molecule has 0 saturated heterocycles. The number of nitrogens with zero attached hydrogens (tertiary/aromatic N) is 2. The van der Waals surface area contributed by atoms with Gasteiger partial charge in [0.1, 0.15) is 5.71 Å². The third kappa shape index (κ3) is 3.82. The van der Waals surface area contributed by atoms with E-state index in [0.717, 1.165) is 6.07 Å². The minimum atomic E-state index is -0.628. The first-order chi connectivity index (χ1) is 13.0. The highest BCUT2D eigenvalue weighted by Gasteiger charge is 2.17. The Kier molecular flexibility index (Phi) is 4.93. The van der Waals surface area contributed by atoms with Crippen LogP contribution >= 0.6 is 0 Å². The van der Waals surface area contributed by atoms with Crippen molar-refractivity contribution in [3.63, 3.8) is 0 Å². The fourth-order valence-electron chi connectivity index (χ4n) is 2.52. The summed E-state index contributed by atoms with van der Waals surface area (Å²) in [6, 6.07) is 14.2. The molecule has 0 radical (unpaired) electrons. The summed E-state index contributed by atoms with van der Waals surface area (Å²) >= 11 is 0. The van der Waals surface area contributed by atoms with Crippen molar-refractivity contribution in [2.75, 3.05) is 0 Å². The van der Waals surface area contributed by atoms with Gasteiger partial charge >= 0.3 is 0 Å². The average Bonchev–Trinajstić information content (AvgIpc) is 3.01. The maximum atomic E-state index is 12.4. The zero-order chi connectivity index (χ0) is 19.4. The number of carbonyl (C=O) groups is 1. The van der Waals surface area contributed by atoms with Gasteiger partial charge in [0.15, 0.2) is 0 Å². The van der Waals surface area contributed by atoms with Crippen LogP contribution in [0, 0.1) is 17.0 Å². The molecule has 3 rings (SSSR count). The molecular weight excluding hydrogens is 350 g/mol. The molecule has 0 aliphatic carbocycles. The van der Waals surface area contributed by atoms with E-state index in [-0.39, 0.29) is 22.5 Å². The number of aromatic amines is 2. The van der Waals surface area contributed by atoms with Crippen LogP contribution in [0.3, 0.4) is 0 Å². The molecule has 0 atom stereocenters. The number of nitro benzene ring substituents is 1. The van der Waals surface area contributed by atoms with Crippen LogP contribution < -0.4 is 11.0 Å². The Hall–Kier alpha value is -4.01. The SMILES string of the molecule is Cc1[nH][nH]c(=O)c1C(=NNC(=O)c1cccc([N+](=O)[O-])c1)c1ccccc1. The first kappa shape index (κ1) is 17.8. The summed E-state index contributed by atoms with van der Waals surface area (Å²) in [5, 5.41) is 20.2. The molecule has 1 heterocycles. The number of non-ortho nitro benzene ring substituents is 1. The molecule has 9 heteroatoms. The Morgan fingerprint density at radius 1 is 1.07 bits per heavy atom. The predicted octanol–water partition coefficient (Wildman–Crippen LogP) is 2.10. The van der Waals surface area contributed by atoms with Crippen molar-refractivity contribution in [1.82, 2.24) is 15.6 Å². The molecule has 0 saturated carbocycles. The summed E-state index contributed by atoms with van der Waals surface area (Å²) in [6.07, 6.45) is 0. The van der Waals surface area contributed by atoms with Crippen LogP contribution in [0.2, 0.25) is 0 Å². The first-order valence-electron chi connectivity index (χ1n) is 7.93. The first-order valence-corrected chi connectivity index (χ1v) is 7.93. The van der Waals surface area contributed by atoms with Gasteiger partial charge in [-0.25, -0.2) is 5.43 Å². The highest BCUT2D eigenvalue weighted by atomic mass is 16.6. The van der Waals surface area contributed by atoms with Crippen molar-refractivity contribution in [3.05, 3.63) is 97.4 Å². The number of rotatable bonds is 5. The molecule has 0 fully saturated rings. The fourth-order valence-corrected chi connectivity index (χ4v) is 2.52. The minimum Gasteiger partial charge on any atom is -0.302 e. The zero-order valence-electron chi connectivity index (χ0n) is 14.2. The molecule has 0 aliphatic rings. The van der Waals surface area contributed by atoms with E-state index in [4.69, 9.17) is 0 Å². The second-order valence-corrected chi connectivity index (χ2v) is 5.65. The number of aryl methyl sites for hydroxylation is 1. The second-order valence-electron chi connectivity index (χ2n) is 5.65. The topological polar surface area (TPSA) is 133 Å². The van der Waals surface area contributed by atoms with Gasteiger partial charge in [-0.1, -0.05) is 36.4 Å². The lowest BCUT2D eigenvalue weighted by Crippen LogP contribution is -2.23. The summed E-state index contributed by atoms with van der Waals surface area (Å²) in [7, 11) is 0. The van der Waals surface area contributed by atoms with Gasteiger partial charge in [-0.2, -0.15) is 5.10 Å². The van der Waals surface area contributed by atoms with Crippen LogP contribution in [0.4, 0.5) is 5.69 Å². The standard InChI is InChI=1S/C18H15N5O4/c1-11-15(18(25)22-19-11)16(12-6-3-2-4-7-12)20-21-17(24)13-8-5-9-14(10-13)23(26)27/h2-10H,1H3,(H,21,24)(H2,19,22,25). The number of nitrogens with one attached hydrogen (secondary N) is 3. The van der Waals surface area contributed by atoms with Crippen LogP contribution in [0.15, 0.2) is 64.5 Å². The molecule has 136 valence electrons. The third-order valence-corrected chi connectivity index (χ3v) is 3.84. The maximum Gasteiger partial charge on any atom is 0.273 e. The summed E-state index contributed by atoms with van der Waals surface area (Å²) in [6.45, 7) is 1.70. The van der Waals surface area contributed by atoms with Gasteiger partial charge in [0, 0.05) is 29.0 Å². The number of nitro groups is 1. The zero-order valence-corrected chi connectivity index (χ0v) is 14.2. The molecule has 3 aromatic rings. The lowest BCUT2D eigenvalue weighted by Gasteiger charge is -2.06. The molecule has 0 spiro atoms. The fraction of sp³-hybridized carbons (Fsp3) is 0.0556. The molecule has 2 aromatic carbocycles. The van der Waals surface area contributed by atoms with Gasteiger partial charge in [-0.3, -0.25) is 24.8 Å². The monoisotopic (exact) mass is 365 g/mol. The van der Waals surface area contributed by atoms with E-state index in [2.05, 4.69) is 20.7 Å². The minimum absolute atomic E-state index is 0.0834. The van der Waals surface area contributed by atoms with Gasteiger partial charge in [0.2, 0.25) is 0 Å². The van der Waals surface area contributed by atoms with Crippen LogP contribution in [-0.2, 0) is 0 Å². The van der Waals surface area contributed by atoms with E-state index >= 15 is 0 Å². The summed E-state index contributed by atoms with van der Waals surface area (Å²) in [5.74, 6) is -0.628. The van der Waals surface area contributed by atoms with Gasteiger partial charge in [0.25, 0.3) is 17.2 Å². The summed E-state index contributed by atoms with van der Waals surface area (Å²) < 4.78 is 0. The van der Waals surface area contributed by atoms with Crippen molar-refractivity contribution < 1.29 is 9.72 Å². The van der Waals surface area contributed by atoms with Crippen LogP contribution in [-0.4, -0.2) is 26.7 Å². The van der Waals surface area contributed by atoms with Crippen LogP contribution in [0.25, 0.3) is 0 Å². The average molecular weight is 365 g/mol. The van der Waals surface area contributed by atoms with Gasteiger partial charge < -0.3 is 5.10 Å². The Labute approximate surface area is 152 Å². The number of hydrazone groups is 1. The second kappa shape index (κ2) is 7.48. The summed E-state index contributed by atoms with van der Waals surface area (Å²) in [4.78, 5) is 34.8. The number of aromatic nitrogens is 2. The van der Waals surface area contributed by atoms with E-state index in [1.54, 1.807) is 31.2 Å². The third-order valence-electron chi connectivity index (χ3n) is 3.84. The Balaban J connectivity index is 1.98. The number of carbonyl (C=O) groups excluding carboxylic acids is 1. The molecule has 1 amide bonds. The number of H-pyrrole nitrogens is 2. The Bertz CT molecular complexity index is 1080. The lowest BCUT2D eigenvalue weighted by atomic mass is 10.0. The molecule has 27 heavy (non-hydrogen) atoms. The maximum absolute atomic E-state index is 12.4. The van der Waals surface area contributed by atoms with E-state index in [9.17, 15) is 19.7 Å². The Morgan fingerprint density at radius 3 is 2.41 bits per heavy atom. The van der Waals surface area contributed by atoms with Crippen molar-refractivity contribution in [2.45, 2.75) is 6.92 Å². The number of hydrogen-bond donors (Lipinski definition) is 3. The molecule has 0 bridgehead atoms. The van der Waals surface area contributed by atoms with Crippen molar-refractivity contribution in [1.29, 1.82) is 0 Å². The predicted molar refractivity (Wildman–Crippen MR) is 98.8 cm³/mol. The highest BCUT2D eigenvalue weighted by molar-refractivity contribution is 6.13. The summed E-state index contributed by atoms with van der Waals surface area (Å²) in [5.41, 5.74) is 3.63. The molecular formula is C18H15N5O4. The molecule has 1 aromatic heterocycles. The van der Waals surface area contributed by atoms with E-state index in [1.165, 1.54) is 18.2 Å². The van der Waals surface area contributed by atoms with Gasteiger partial charge in [-0.15, -0.1) is 0 Å². The van der Waals surface area contributed by atoms with E-state index in [0.29, 0.717) is 16.8 Å². The molecule has 0 aliphatic heterocycles. The van der Waals surface area contributed by atoms with Crippen molar-refractivity contribution >= 4 is 17.3 Å². The quantitative estimate of drug-likeness (QED) is 0.363. The van der Waals surface area contributed by atoms with Crippen molar-refractivity contribution in [3.8, 4) is 0 Å². The largest absolute Gasteiger partial charge is 0.302 e. The smallest absolute Gasteiger partial charge is 0.273 e. The Morgan fingerprint density at radius 2 is 1.78 bits per heavy atom. The molecule has 9 nitrogen and oxygen atoms in total. The number of amides is 1. The lowest BCUT2D eigenvalue weighted by molar-refractivity contribution is -0.384. The van der Waals surface area contributed by atoms with Crippen LogP contribution in [0.5, 0.6) is 0 Å². The van der Waals surface area contributed by atoms with E-state index in [1.807, 2.05) is 6.07 Å². The van der Waals surface area contributed by atoms with Gasteiger partial charge in [0.05, 0.1) is 10.5 Å². The van der Waals surface area contributed by atoms with E-state index < -0.39 is 10.8 Å². The normalized spacial score (nSPS) is 11.2. The molecule has 0 unspecified atom stereocenters. The molecule has 3 N–H and O–H groups in total. The number of hydrogen-bond acceptors (Lipinski definition) is 5. The van der Waals surface area contributed by atoms with Crippen LogP contribution in [0.1, 0.15) is 27.2 Å². The van der Waals surface area contributed by atoms with Gasteiger partial charge in [-0.05, 0) is 13.0 Å². The van der Waals surface area contributed by atoms with Crippen molar-refractivity contribution in [2.24, 2.45) is 5.10 Å². The highest BCUT2D eigenvalue weighted by Crippen LogP contribution is 2.13.